The van der Waals surface area contributed by atoms with E-state index >= 15 is 0 Å². The molecule has 0 saturated heterocycles. The second kappa shape index (κ2) is 5.97. The van der Waals surface area contributed by atoms with Gasteiger partial charge in [0, 0.05) is 10.5 Å². The summed E-state index contributed by atoms with van der Waals surface area (Å²) in [5, 5.41) is 9.02. The Bertz CT molecular complexity index is 460. The average Bonchev–Trinajstić information content (AvgIpc) is 2.26. The van der Waals surface area contributed by atoms with E-state index in [0.717, 1.165) is 5.75 Å². The highest BCUT2D eigenvalue weighted by Gasteiger charge is 2.32. The van der Waals surface area contributed by atoms with Crippen LogP contribution in [0.25, 0.3) is 0 Å². The molecule has 0 spiro atoms. The fraction of sp³-hybridized carbons (Fsp3) is 0.533. The molecule has 0 unspecified atom stereocenters. The Morgan fingerprint density at radius 2 is 1.79 bits per heavy atom. The third kappa shape index (κ3) is 3.98. The number of aliphatic carboxylic acids is 1. The van der Waals surface area contributed by atoms with Gasteiger partial charge in [-0.3, -0.25) is 4.79 Å². The summed E-state index contributed by atoms with van der Waals surface area (Å²) in [6, 6.07) is 3.46. The smallest absolute Gasteiger partial charge is 0.321 e. The standard InChI is InChI=1S/C15H23NO2S/c1-9-6-10(2)12(11(3)7-9)8-19-15(4,5)13(16)14(17)18/h6-7,13H,8,16H2,1-5H3,(H,17,18)/t13-/m0/s1. The Morgan fingerprint density at radius 3 is 2.21 bits per heavy atom. The zero-order chi connectivity index (χ0) is 14.8. The molecule has 0 heterocycles. The summed E-state index contributed by atoms with van der Waals surface area (Å²) in [6.45, 7) is 10.0. The maximum Gasteiger partial charge on any atom is 0.321 e. The predicted molar refractivity (Wildman–Crippen MR) is 81.6 cm³/mol. The number of carbonyl (C=O) groups is 1. The summed E-state index contributed by atoms with van der Waals surface area (Å²) >= 11 is 1.60. The molecule has 3 N–H and O–H groups in total. The number of rotatable bonds is 5. The number of carboxylic acids is 1. The SMILES string of the molecule is Cc1cc(C)c(CSC(C)(C)[C@@H](N)C(=O)O)c(C)c1. The topological polar surface area (TPSA) is 63.3 Å². The van der Waals surface area contributed by atoms with Crippen LogP contribution in [-0.2, 0) is 10.5 Å². The van der Waals surface area contributed by atoms with Gasteiger partial charge in [0.05, 0.1) is 0 Å². The molecular weight excluding hydrogens is 258 g/mol. The van der Waals surface area contributed by atoms with Crippen molar-refractivity contribution >= 4 is 17.7 Å². The minimum absolute atomic E-state index is 0.490. The van der Waals surface area contributed by atoms with Crippen molar-refractivity contribution < 1.29 is 9.90 Å². The van der Waals surface area contributed by atoms with E-state index in [1.807, 2.05) is 13.8 Å². The molecule has 4 heteroatoms. The zero-order valence-electron chi connectivity index (χ0n) is 12.3. The van der Waals surface area contributed by atoms with Gasteiger partial charge in [0.15, 0.2) is 0 Å². The molecule has 0 radical (unpaired) electrons. The molecule has 0 aliphatic rings. The van der Waals surface area contributed by atoms with Crippen LogP contribution in [0.2, 0.25) is 0 Å². The molecule has 1 rings (SSSR count). The van der Waals surface area contributed by atoms with E-state index in [1.165, 1.54) is 22.3 Å². The maximum atomic E-state index is 11.0. The van der Waals surface area contributed by atoms with Crippen LogP contribution >= 0.6 is 11.8 Å². The summed E-state index contributed by atoms with van der Waals surface area (Å²) < 4.78 is -0.490. The molecule has 0 aliphatic heterocycles. The maximum absolute atomic E-state index is 11.0. The minimum Gasteiger partial charge on any atom is -0.480 e. The van der Waals surface area contributed by atoms with Crippen molar-refractivity contribution in [1.29, 1.82) is 0 Å². The first-order valence-corrected chi connectivity index (χ1v) is 7.33. The molecule has 1 aromatic rings. The predicted octanol–water partition coefficient (Wildman–Crippen LogP) is 3.04. The second-order valence-corrected chi connectivity index (χ2v) is 7.21. The van der Waals surface area contributed by atoms with Gasteiger partial charge in [-0.05, 0) is 51.3 Å². The second-order valence-electron chi connectivity index (χ2n) is 5.59. The minimum atomic E-state index is -0.949. The summed E-state index contributed by atoms with van der Waals surface area (Å²) in [7, 11) is 0. The Balaban J connectivity index is 2.85. The molecule has 0 amide bonds. The van der Waals surface area contributed by atoms with Crippen LogP contribution < -0.4 is 5.73 Å². The summed E-state index contributed by atoms with van der Waals surface area (Å²) in [4.78, 5) is 11.0. The van der Waals surface area contributed by atoms with E-state index in [2.05, 4.69) is 32.9 Å². The van der Waals surface area contributed by atoms with Crippen LogP contribution in [0.5, 0.6) is 0 Å². The molecule has 0 bridgehead atoms. The molecular formula is C15H23NO2S. The Hall–Kier alpha value is -1.00. The zero-order valence-corrected chi connectivity index (χ0v) is 13.1. The van der Waals surface area contributed by atoms with Gasteiger partial charge >= 0.3 is 5.97 Å². The van der Waals surface area contributed by atoms with Crippen molar-refractivity contribution in [3.05, 3.63) is 34.4 Å². The van der Waals surface area contributed by atoms with Gasteiger partial charge < -0.3 is 10.8 Å². The lowest BCUT2D eigenvalue weighted by atomic mass is 10.0. The number of hydrogen-bond donors (Lipinski definition) is 2. The molecule has 0 aliphatic carbocycles. The van der Waals surface area contributed by atoms with Gasteiger partial charge in [0.1, 0.15) is 6.04 Å². The van der Waals surface area contributed by atoms with Gasteiger partial charge in [-0.25, -0.2) is 0 Å². The molecule has 0 aromatic heterocycles. The van der Waals surface area contributed by atoms with E-state index < -0.39 is 16.8 Å². The van der Waals surface area contributed by atoms with E-state index in [0.29, 0.717) is 0 Å². The number of carboxylic acid groups (broad SMARTS) is 1. The van der Waals surface area contributed by atoms with Crippen molar-refractivity contribution in [3.8, 4) is 0 Å². The van der Waals surface area contributed by atoms with Crippen LogP contribution in [-0.4, -0.2) is 21.9 Å². The molecule has 19 heavy (non-hydrogen) atoms. The largest absolute Gasteiger partial charge is 0.480 e. The quantitative estimate of drug-likeness (QED) is 0.870. The van der Waals surface area contributed by atoms with Crippen LogP contribution in [0.4, 0.5) is 0 Å². The normalized spacial score (nSPS) is 13.4. The highest BCUT2D eigenvalue weighted by Crippen LogP contribution is 2.32. The molecule has 3 nitrogen and oxygen atoms in total. The fourth-order valence-electron chi connectivity index (χ4n) is 2.08. The third-order valence-corrected chi connectivity index (χ3v) is 4.87. The van der Waals surface area contributed by atoms with Gasteiger partial charge in [-0.1, -0.05) is 17.7 Å². The highest BCUT2D eigenvalue weighted by molar-refractivity contribution is 7.99. The monoisotopic (exact) mass is 281 g/mol. The number of aryl methyl sites for hydroxylation is 3. The van der Waals surface area contributed by atoms with Crippen LogP contribution in [0.3, 0.4) is 0 Å². The van der Waals surface area contributed by atoms with Crippen LogP contribution in [0.1, 0.15) is 36.1 Å². The summed E-state index contributed by atoms with van der Waals surface area (Å²) in [6.07, 6.45) is 0. The lowest BCUT2D eigenvalue weighted by Gasteiger charge is -2.28. The first-order chi connectivity index (χ1) is 8.65. The molecule has 1 aromatic carbocycles. The van der Waals surface area contributed by atoms with Crippen molar-refractivity contribution in [3.63, 3.8) is 0 Å². The number of nitrogens with two attached hydrogens (primary N) is 1. The fourth-order valence-corrected chi connectivity index (χ4v) is 3.33. The first kappa shape index (κ1) is 16.1. The van der Waals surface area contributed by atoms with E-state index in [-0.39, 0.29) is 0 Å². The van der Waals surface area contributed by atoms with E-state index in [9.17, 15) is 4.79 Å². The molecule has 106 valence electrons. The van der Waals surface area contributed by atoms with Crippen molar-refractivity contribution in [2.75, 3.05) is 0 Å². The Kier molecular flexibility index (Phi) is 5.04. The first-order valence-electron chi connectivity index (χ1n) is 6.34. The summed E-state index contributed by atoms with van der Waals surface area (Å²) in [5.41, 5.74) is 10.8. The highest BCUT2D eigenvalue weighted by atomic mass is 32.2. The van der Waals surface area contributed by atoms with Gasteiger partial charge in [-0.15, -0.1) is 11.8 Å². The summed E-state index contributed by atoms with van der Waals surface area (Å²) in [5.74, 6) is -0.166. The molecule has 1 atom stereocenters. The molecule has 0 fully saturated rings. The van der Waals surface area contributed by atoms with Crippen LogP contribution in [0.15, 0.2) is 12.1 Å². The van der Waals surface area contributed by atoms with E-state index in [1.54, 1.807) is 11.8 Å². The van der Waals surface area contributed by atoms with Gasteiger partial charge in [0.25, 0.3) is 0 Å². The Morgan fingerprint density at radius 1 is 1.32 bits per heavy atom. The van der Waals surface area contributed by atoms with Crippen molar-refractivity contribution in [1.82, 2.24) is 0 Å². The number of benzene rings is 1. The van der Waals surface area contributed by atoms with Crippen LogP contribution in [0, 0.1) is 20.8 Å². The van der Waals surface area contributed by atoms with E-state index in [4.69, 9.17) is 10.8 Å². The number of hydrogen-bond acceptors (Lipinski definition) is 3. The van der Waals surface area contributed by atoms with Gasteiger partial charge in [0.2, 0.25) is 0 Å². The third-order valence-electron chi connectivity index (χ3n) is 3.44. The average molecular weight is 281 g/mol. The Labute approximate surface area is 119 Å². The van der Waals surface area contributed by atoms with Crippen molar-refractivity contribution in [2.24, 2.45) is 5.73 Å². The van der Waals surface area contributed by atoms with Gasteiger partial charge in [-0.2, -0.15) is 0 Å². The van der Waals surface area contributed by atoms with Crippen molar-refractivity contribution in [2.45, 2.75) is 51.2 Å². The number of thioether (sulfide) groups is 1. The lowest BCUT2D eigenvalue weighted by Crippen LogP contribution is -2.46. The lowest BCUT2D eigenvalue weighted by molar-refractivity contribution is -0.139. The molecule has 0 saturated carbocycles.